The summed E-state index contributed by atoms with van der Waals surface area (Å²) in [5.74, 6) is 1.01. The van der Waals surface area contributed by atoms with Crippen LogP contribution in [0.15, 0.2) is 12.1 Å². The van der Waals surface area contributed by atoms with Crippen LogP contribution < -0.4 is 9.47 Å². The molecule has 1 aromatic rings. The SMILES string of the molecule is CCOC(OCC)c1c(OC)cc(O)cc1OC. The van der Waals surface area contributed by atoms with Gasteiger partial charge in [0.25, 0.3) is 0 Å². The van der Waals surface area contributed by atoms with E-state index in [4.69, 9.17) is 18.9 Å². The molecule has 0 aliphatic heterocycles. The second-order valence-corrected chi connectivity index (χ2v) is 3.51. The van der Waals surface area contributed by atoms with Crippen molar-refractivity contribution in [3.05, 3.63) is 17.7 Å². The normalized spacial score (nSPS) is 10.7. The molecule has 0 fully saturated rings. The van der Waals surface area contributed by atoms with Gasteiger partial charge in [-0.15, -0.1) is 0 Å². The van der Waals surface area contributed by atoms with Crippen molar-refractivity contribution in [3.8, 4) is 17.2 Å². The van der Waals surface area contributed by atoms with Crippen molar-refractivity contribution < 1.29 is 24.1 Å². The van der Waals surface area contributed by atoms with Crippen LogP contribution in [0.4, 0.5) is 0 Å². The number of methoxy groups -OCH3 is 2. The Kier molecular flexibility index (Phi) is 5.74. The lowest BCUT2D eigenvalue weighted by Crippen LogP contribution is -2.11. The van der Waals surface area contributed by atoms with Gasteiger partial charge in [-0.1, -0.05) is 0 Å². The summed E-state index contributed by atoms with van der Waals surface area (Å²) in [6.07, 6.45) is -0.578. The number of benzene rings is 1. The topological polar surface area (TPSA) is 57.2 Å². The monoisotopic (exact) mass is 256 g/mol. The van der Waals surface area contributed by atoms with Crippen molar-refractivity contribution in [1.29, 1.82) is 0 Å². The first-order valence-electron chi connectivity index (χ1n) is 5.85. The molecule has 5 nitrogen and oxygen atoms in total. The van der Waals surface area contributed by atoms with Crippen molar-refractivity contribution in [2.75, 3.05) is 27.4 Å². The minimum Gasteiger partial charge on any atom is -0.508 e. The Morgan fingerprint density at radius 1 is 1.00 bits per heavy atom. The van der Waals surface area contributed by atoms with Crippen LogP contribution in [0, 0.1) is 0 Å². The predicted octanol–water partition coefficient (Wildman–Crippen LogP) is 2.48. The molecule has 0 aliphatic carbocycles. The van der Waals surface area contributed by atoms with Gasteiger partial charge in [-0.2, -0.15) is 0 Å². The van der Waals surface area contributed by atoms with E-state index < -0.39 is 6.29 Å². The van der Waals surface area contributed by atoms with Crippen molar-refractivity contribution >= 4 is 0 Å². The molecule has 0 heterocycles. The van der Waals surface area contributed by atoms with E-state index in [9.17, 15) is 5.11 Å². The quantitative estimate of drug-likeness (QED) is 0.759. The van der Waals surface area contributed by atoms with Gasteiger partial charge in [0.1, 0.15) is 17.2 Å². The lowest BCUT2D eigenvalue weighted by atomic mass is 10.1. The Morgan fingerprint density at radius 3 is 1.78 bits per heavy atom. The molecule has 0 unspecified atom stereocenters. The second kappa shape index (κ2) is 7.08. The minimum absolute atomic E-state index is 0.0687. The highest BCUT2D eigenvalue weighted by Gasteiger charge is 2.23. The highest BCUT2D eigenvalue weighted by atomic mass is 16.7. The standard InChI is InChI=1S/C13H20O5/c1-5-17-13(18-6-2)12-10(15-3)7-9(14)8-11(12)16-4/h7-8,13-14H,5-6H2,1-4H3. The summed E-state index contributed by atoms with van der Waals surface area (Å²) in [4.78, 5) is 0. The Labute approximate surface area is 107 Å². The molecule has 0 radical (unpaired) electrons. The van der Waals surface area contributed by atoms with Gasteiger partial charge >= 0.3 is 0 Å². The maximum absolute atomic E-state index is 9.58. The summed E-state index contributed by atoms with van der Waals surface area (Å²) >= 11 is 0. The first kappa shape index (κ1) is 14.6. The van der Waals surface area contributed by atoms with E-state index in [1.54, 1.807) is 0 Å². The maximum Gasteiger partial charge on any atom is 0.190 e. The lowest BCUT2D eigenvalue weighted by Gasteiger charge is -2.22. The Balaban J connectivity index is 3.23. The van der Waals surface area contributed by atoms with Crippen LogP contribution in [0.3, 0.4) is 0 Å². The van der Waals surface area contributed by atoms with E-state index >= 15 is 0 Å². The summed E-state index contributed by atoms with van der Waals surface area (Å²) < 4.78 is 21.5. The van der Waals surface area contributed by atoms with E-state index in [1.807, 2.05) is 13.8 Å². The average Bonchev–Trinajstić information content (AvgIpc) is 2.37. The molecule has 1 rings (SSSR count). The summed E-state index contributed by atoms with van der Waals surface area (Å²) in [6, 6.07) is 3.01. The molecule has 0 spiro atoms. The molecule has 1 aromatic carbocycles. The van der Waals surface area contributed by atoms with E-state index in [0.29, 0.717) is 30.3 Å². The van der Waals surface area contributed by atoms with Crippen LogP contribution in [0.1, 0.15) is 25.7 Å². The number of phenols is 1. The van der Waals surface area contributed by atoms with Crippen LogP contribution in [0.25, 0.3) is 0 Å². The van der Waals surface area contributed by atoms with Gasteiger partial charge in [0.15, 0.2) is 6.29 Å². The predicted molar refractivity (Wildman–Crippen MR) is 67.2 cm³/mol. The number of phenolic OH excluding ortho intramolecular Hbond substituents is 1. The van der Waals surface area contributed by atoms with Crippen molar-refractivity contribution in [1.82, 2.24) is 0 Å². The third-order valence-corrected chi connectivity index (χ3v) is 2.40. The summed E-state index contributed by atoms with van der Waals surface area (Å²) in [5.41, 5.74) is 0.640. The minimum atomic E-state index is -0.578. The molecule has 18 heavy (non-hydrogen) atoms. The van der Waals surface area contributed by atoms with E-state index in [0.717, 1.165) is 0 Å². The van der Waals surface area contributed by atoms with Gasteiger partial charge in [0.05, 0.1) is 19.8 Å². The molecule has 0 saturated heterocycles. The third-order valence-electron chi connectivity index (χ3n) is 2.40. The van der Waals surface area contributed by atoms with Gasteiger partial charge < -0.3 is 24.1 Å². The molecule has 0 atom stereocenters. The molecular weight excluding hydrogens is 236 g/mol. The molecule has 5 heteroatoms. The first-order valence-corrected chi connectivity index (χ1v) is 5.85. The molecule has 0 amide bonds. The zero-order valence-electron chi connectivity index (χ0n) is 11.2. The average molecular weight is 256 g/mol. The van der Waals surface area contributed by atoms with E-state index in [2.05, 4.69) is 0 Å². The second-order valence-electron chi connectivity index (χ2n) is 3.51. The zero-order chi connectivity index (χ0) is 13.5. The summed E-state index contributed by atoms with van der Waals surface area (Å²) in [6.45, 7) is 4.76. The summed E-state index contributed by atoms with van der Waals surface area (Å²) in [7, 11) is 3.04. The molecule has 1 N–H and O–H groups in total. The largest absolute Gasteiger partial charge is 0.508 e. The molecule has 0 saturated carbocycles. The number of hydrogen-bond acceptors (Lipinski definition) is 5. The fourth-order valence-electron chi connectivity index (χ4n) is 1.67. The van der Waals surface area contributed by atoms with Crippen LogP contribution >= 0.6 is 0 Å². The van der Waals surface area contributed by atoms with Gasteiger partial charge in [-0.3, -0.25) is 0 Å². The summed E-state index contributed by atoms with van der Waals surface area (Å²) in [5, 5.41) is 9.58. The van der Waals surface area contributed by atoms with Crippen molar-refractivity contribution in [2.24, 2.45) is 0 Å². The molecule has 0 aliphatic rings. The Hall–Kier alpha value is -1.46. The van der Waals surface area contributed by atoms with Crippen LogP contribution in [0.5, 0.6) is 17.2 Å². The fraction of sp³-hybridized carbons (Fsp3) is 0.538. The highest BCUT2D eigenvalue weighted by Crippen LogP contribution is 2.39. The van der Waals surface area contributed by atoms with Gasteiger partial charge in [-0.05, 0) is 13.8 Å². The Bertz CT molecular complexity index is 347. The van der Waals surface area contributed by atoms with Crippen molar-refractivity contribution in [2.45, 2.75) is 20.1 Å². The lowest BCUT2D eigenvalue weighted by molar-refractivity contribution is -0.141. The fourth-order valence-corrected chi connectivity index (χ4v) is 1.67. The zero-order valence-corrected chi connectivity index (χ0v) is 11.2. The highest BCUT2D eigenvalue weighted by molar-refractivity contribution is 5.51. The van der Waals surface area contributed by atoms with Crippen LogP contribution in [-0.4, -0.2) is 32.5 Å². The van der Waals surface area contributed by atoms with Gasteiger partial charge in [0, 0.05) is 25.3 Å². The van der Waals surface area contributed by atoms with E-state index in [1.165, 1.54) is 26.4 Å². The molecule has 0 aromatic heterocycles. The van der Waals surface area contributed by atoms with E-state index in [-0.39, 0.29) is 5.75 Å². The van der Waals surface area contributed by atoms with Crippen molar-refractivity contribution in [3.63, 3.8) is 0 Å². The molecular formula is C13H20O5. The first-order chi connectivity index (χ1) is 8.67. The molecule has 102 valence electrons. The van der Waals surface area contributed by atoms with Crippen LogP contribution in [-0.2, 0) is 9.47 Å². The maximum atomic E-state index is 9.58. The number of hydrogen-bond donors (Lipinski definition) is 1. The molecule has 0 bridgehead atoms. The number of rotatable bonds is 7. The number of ether oxygens (including phenoxy) is 4. The third kappa shape index (κ3) is 3.27. The Morgan fingerprint density at radius 2 is 1.44 bits per heavy atom. The van der Waals surface area contributed by atoms with Gasteiger partial charge in [0.2, 0.25) is 0 Å². The van der Waals surface area contributed by atoms with Gasteiger partial charge in [-0.25, -0.2) is 0 Å². The number of aromatic hydroxyl groups is 1. The van der Waals surface area contributed by atoms with Crippen LogP contribution in [0.2, 0.25) is 0 Å². The smallest absolute Gasteiger partial charge is 0.190 e.